The Bertz CT molecular complexity index is 2520. The number of halogens is 12. The van der Waals surface area contributed by atoms with E-state index in [0.29, 0.717) is 82.2 Å². The molecule has 2 aliphatic heterocycles. The standard InChI is InChI=1S/C28H30F6N2O3.C25H28F6N2O2/c1-18(20-13-22(27(29,30)31)15-23(14-20)28(32,33)34)39-17-25(21-7-4-3-5-8-21)10-11-26(16-35-25,19(2)37)36-12-6-9-24(36)38;1-16(17-12-19(24(26,27)28)14-20(13-17)25(29,30)31)35-15-22(18-6-4-3-5-7-18)8-10-23(32,11-9-22)21(34)33-2/h3-5,7-8,13-15,18,35H,6,9-12,16-17H2,1-2H3;3-7,12-14,16H,8-11,15,32H2,1-2H3,(H,33,34)/t18-,25-,26?;16-,22?,23?/m11/s1. The second-order valence-corrected chi connectivity index (χ2v) is 19.5. The van der Waals surface area contributed by atoms with E-state index in [9.17, 15) is 67.1 Å². The second kappa shape index (κ2) is 22.0. The van der Waals surface area contributed by atoms with Crippen molar-refractivity contribution in [3.05, 3.63) is 142 Å². The molecule has 1 aliphatic carbocycles. The molecule has 1 saturated carbocycles. The summed E-state index contributed by atoms with van der Waals surface area (Å²) in [5.74, 6) is -0.518. The first kappa shape index (κ1) is 57.8. The monoisotopic (exact) mass is 1060 g/mol. The molecule has 0 aromatic heterocycles. The van der Waals surface area contributed by atoms with Gasteiger partial charge in [-0.05, 0) is 124 Å². The third-order valence-electron chi connectivity index (χ3n) is 14.8. The number of amides is 2. The van der Waals surface area contributed by atoms with Gasteiger partial charge in [-0.25, -0.2) is 0 Å². The number of piperidine rings is 1. The maximum absolute atomic E-state index is 13.4. The molecule has 9 nitrogen and oxygen atoms in total. The number of nitrogens with one attached hydrogen (secondary N) is 2. The van der Waals surface area contributed by atoms with Crippen molar-refractivity contribution in [2.24, 2.45) is 5.73 Å². The van der Waals surface area contributed by atoms with Gasteiger partial charge in [0.15, 0.2) is 5.78 Å². The molecule has 4 aromatic carbocycles. The van der Waals surface area contributed by atoms with Crippen molar-refractivity contribution in [3.63, 3.8) is 0 Å². The lowest BCUT2D eigenvalue weighted by atomic mass is 9.64. The number of ketones is 1. The van der Waals surface area contributed by atoms with Crippen LogP contribution in [0.5, 0.6) is 0 Å². The van der Waals surface area contributed by atoms with E-state index in [4.69, 9.17) is 15.2 Å². The number of carbonyl (C=O) groups is 3. The van der Waals surface area contributed by atoms with Gasteiger partial charge in [-0.3, -0.25) is 14.4 Å². The maximum atomic E-state index is 13.4. The Hall–Kier alpha value is -5.51. The molecule has 2 heterocycles. The minimum absolute atomic E-state index is 0.0413. The van der Waals surface area contributed by atoms with Gasteiger partial charge < -0.3 is 30.7 Å². The average Bonchev–Trinajstić information content (AvgIpc) is 3.80. The van der Waals surface area contributed by atoms with E-state index in [-0.39, 0.29) is 60.6 Å². The number of rotatable bonds is 13. The van der Waals surface area contributed by atoms with Gasteiger partial charge in [-0.1, -0.05) is 60.7 Å². The molecular formula is C53H58F12N4O5. The molecule has 74 heavy (non-hydrogen) atoms. The third-order valence-corrected chi connectivity index (χ3v) is 14.8. The van der Waals surface area contributed by atoms with Gasteiger partial charge >= 0.3 is 24.7 Å². The Labute approximate surface area is 420 Å². The summed E-state index contributed by atoms with van der Waals surface area (Å²) in [6.45, 7) is 4.85. The molecule has 7 rings (SSSR count). The lowest BCUT2D eigenvalue weighted by Gasteiger charge is -2.50. The van der Waals surface area contributed by atoms with Crippen LogP contribution in [0.3, 0.4) is 0 Å². The van der Waals surface area contributed by atoms with E-state index in [1.807, 2.05) is 48.5 Å². The summed E-state index contributed by atoms with van der Waals surface area (Å²) in [7, 11) is 1.51. The zero-order valence-corrected chi connectivity index (χ0v) is 41.0. The molecule has 2 saturated heterocycles. The minimum Gasteiger partial charge on any atom is -0.373 e. The molecule has 4 N–H and O–H groups in total. The van der Waals surface area contributed by atoms with Crippen LogP contribution in [0.2, 0.25) is 0 Å². The van der Waals surface area contributed by atoms with E-state index < -0.39 is 81.2 Å². The van der Waals surface area contributed by atoms with Crippen molar-refractivity contribution in [2.75, 3.05) is 33.4 Å². The SMILES string of the molecule is CC(=O)C1(N2CCCC2=O)CC[C@@](CO[C@H](C)c2cc(C(F)(F)F)cc(C(F)(F)F)c2)(c2ccccc2)NC1.CNC(=O)C1(N)CCC(CO[C@H](C)c2cc(C(F)(F)F)cc(C(F)(F)F)c2)(c2ccccc2)CC1. The molecule has 0 spiro atoms. The predicted molar refractivity (Wildman–Crippen MR) is 249 cm³/mol. The fourth-order valence-corrected chi connectivity index (χ4v) is 10.1. The molecule has 21 heteroatoms. The number of carbonyl (C=O) groups excluding carboxylic acids is 3. The first-order valence-corrected chi connectivity index (χ1v) is 23.9. The molecule has 4 atom stereocenters. The lowest BCUT2D eigenvalue weighted by Crippen LogP contribution is -2.67. The zero-order valence-electron chi connectivity index (χ0n) is 41.0. The van der Waals surface area contributed by atoms with Crippen molar-refractivity contribution < 1.29 is 76.5 Å². The number of hydrogen-bond acceptors (Lipinski definition) is 7. The number of benzene rings is 4. The van der Waals surface area contributed by atoms with Crippen molar-refractivity contribution >= 4 is 17.6 Å². The second-order valence-electron chi connectivity index (χ2n) is 19.5. The third kappa shape index (κ3) is 12.9. The van der Waals surface area contributed by atoms with Crippen LogP contribution in [-0.4, -0.2) is 66.9 Å². The Morgan fingerprint density at radius 1 is 0.649 bits per heavy atom. The number of likely N-dealkylation sites (N-methyl/N-ethyl adjacent to an activating group) is 1. The predicted octanol–water partition coefficient (Wildman–Crippen LogP) is 11.8. The zero-order chi connectivity index (χ0) is 54.7. The Kier molecular flexibility index (Phi) is 17.2. The number of ether oxygens (including phenoxy) is 2. The minimum atomic E-state index is -4.96. The number of alkyl halides is 12. The van der Waals surface area contributed by atoms with E-state index in [0.717, 1.165) is 11.1 Å². The van der Waals surface area contributed by atoms with Gasteiger partial charge in [0.05, 0.1) is 58.8 Å². The van der Waals surface area contributed by atoms with Crippen molar-refractivity contribution in [3.8, 4) is 0 Å². The van der Waals surface area contributed by atoms with Crippen LogP contribution in [-0.2, 0) is 59.5 Å². The summed E-state index contributed by atoms with van der Waals surface area (Å²) < 4.78 is 172. The van der Waals surface area contributed by atoms with Crippen LogP contribution in [0.25, 0.3) is 0 Å². The lowest BCUT2D eigenvalue weighted by molar-refractivity contribution is -0.145. The van der Waals surface area contributed by atoms with Gasteiger partial charge in [0, 0.05) is 32.0 Å². The topological polar surface area (TPSA) is 123 Å². The first-order valence-electron chi connectivity index (χ1n) is 23.9. The highest BCUT2D eigenvalue weighted by atomic mass is 19.4. The van der Waals surface area contributed by atoms with Gasteiger partial charge in [-0.2, -0.15) is 52.7 Å². The highest BCUT2D eigenvalue weighted by Gasteiger charge is 2.52. The molecular weight excluding hydrogens is 1000 g/mol. The van der Waals surface area contributed by atoms with E-state index in [1.54, 1.807) is 17.0 Å². The Balaban J connectivity index is 0.000000242. The van der Waals surface area contributed by atoms with Gasteiger partial charge in [0.25, 0.3) is 0 Å². The molecule has 4 aromatic rings. The van der Waals surface area contributed by atoms with Crippen molar-refractivity contribution in [2.45, 2.75) is 131 Å². The Morgan fingerprint density at radius 2 is 1.08 bits per heavy atom. The number of likely N-dealkylation sites (tertiary alicyclic amines) is 1. The summed E-state index contributed by atoms with van der Waals surface area (Å²) in [6.07, 6.45) is -18.6. The number of nitrogens with two attached hydrogens (primary N) is 1. The van der Waals surface area contributed by atoms with E-state index in [1.165, 1.54) is 27.8 Å². The molecule has 2 amide bonds. The quantitative estimate of drug-likeness (QED) is 0.114. The summed E-state index contributed by atoms with van der Waals surface area (Å²) in [5, 5.41) is 5.97. The van der Waals surface area contributed by atoms with Crippen LogP contribution in [0, 0.1) is 0 Å². The van der Waals surface area contributed by atoms with Crippen LogP contribution in [0.4, 0.5) is 52.7 Å². The smallest absolute Gasteiger partial charge is 0.373 e. The van der Waals surface area contributed by atoms with E-state index >= 15 is 0 Å². The molecule has 3 aliphatic rings. The number of Topliss-reactive ketones (excluding diaryl/α,β-unsaturated/α-hetero) is 1. The fraction of sp³-hybridized carbons (Fsp3) is 0.491. The fourth-order valence-electron chi connectivity index (χ4n) is 10.1. The highest BCUT2D eigenvalue weighted by Crippen LogP contribution is 2.46. The molecule has 404 valence electrons. The van der Waals surface area contributed by atoms with E-state index in [2.05, 4.69) is 10.6 Å². The number of hydrogen-bond donors (Lipinski definition) is 3. The Morgan fingerprint density at radius 3 is 1.45 bits per heavy atom. The van der Waals surface area contributed by atoms with Crippen LogP contribution >= 0.6 is 0 Å². The highest BCUT2D eigenvalue weighted by molar-refractivity contribution is 5.92. The summed E-state index contributed by atoms with van der Waals surface area (Å²) in [5.41, 5.74) is -1.60. The van der Waals surface area contributed by atoms with Crippen LogP contribution in [0.1, 0.15) is 129 Å². The van der Waals surface area contributed by atoms with Gasteiger partial charge in [-0.15, -0.1) is 0 Å². The average molecular weight is 1060 g/mol. The maximum Gasteiger partial charge on any atom is 0.416 e. The summed E-state index contributed by atoms with van der Waals surface area (Å²) >= 11 is 0. The molecule has 0 radical (unpaired) electrons. The van der Waals surface area contributed by atoms with Gasteiger partial charge in [0.2, 0.25) is 11.8 Å². The van der Waals surface area contributed by atoms with Crippen molar-refractivity contribution in [1.82, 2.24) is 15.5 Å². The van der Waals surface area contributed by atoms with Gasteiger partial charge in [0.1, 0.15) is 5.54 Å². The van der Waals surface area contributed by atoms with Crippen LogP contribution < -0.4 is 16.4 Å². The number of nitrogens with zero attached hydrogens (tertiary/aromatic N) is 1. The summed E-state index contributed by atoms with van der Waals surface area (Å²) in [6, 6.07) is 21.3. The van der Waals surface area contributed by atoms with Crippen molar-refractivity contribution in [1.29, 1.82) is 0 Å². The molecule has 0 bridgehead atoms. The van der Waals surface area contributed by atoms with Crippen LogP contribution in [0.15, 0.2) is 97.1 Å². The largest absolute Gasteiger partial charge is 0.416 e. The normalized spacial score (nSPS) is 24.7. The molecule has 3 fully saturated rings. The first-order chi connectivity index (χ1) is 34.4. The summed E-state index contributed by atoms with van der Waals surface area (Å²) in [4.78, 5) is 39.3. The molecule has 1 unspecified atom stereocenters.